The highest BCUT2D eigenvalue weighted by molar-refractivity contribution is 5.80. The van der Waals surface area contributed by atoms with Crippen molar-refractivity contribution >= 4 is 5.96 Å². The van der Waals surface area contributed by atoms with Crippen LogP contribution in [0.25, 0.3) is 5.69 Å². The number of ether oxygens (including phenoxy) is 1. The largest absolute Gasteiger partial charge is 0.384 e. The molecule has 1 N–H and O–H groups in total. The van der Waals surface area contributed by atoms with Crippen molar-refractivity contribution in [2.75, 3.05) is 33.9 Å². The van der Waals surface area contributed by atoms with E-state index >= 15 is 0 Å². The van der Waals surface area contributed by atoms with Gasteiger partial charge in [0.25, 0.3) is 0 Å². The Morgan fingerprint density at radius 3 is 2.93 bits per heavy atom. The van der Waals surface area contributed by atoms with Crippen molar-refractivity contribution in [3.8, 4) is 5.69 Å². The highest BCUT2D eigenvalue weighted by Gasteiger charge is 2.26. The van der Waals surface area contributed by atoms with Crippen LogP contribution in [-0.4, -0.2) is 54.5 Å². The Labute approximate surface area is 161 Å². The summed E-state index contributed by atoms with van der Waals surface area (Å²) in [6.45, 7) is 3.58. The highest BCUT2D eigenvalue weighted by atomic mass is 16.5. The van der Waals surface area contributed by atoms with Gasteiger partial charge in [0.1, 0.15) is 0 Å². The molecular formula is C21H29N5O. The predicted octanol–water partition coefficient (Wildman–Crippen LogP) is 2.40. The summed E-state index contributed by atoms with van der Waals surface area (Å²) in [5.74, 6) is 1.56. The molecule has 6 nitrogen and oxygen atoms in total. The SMILES string of the molecule is CN=C(NCc1nn(-c2ccccc2)c2c1CCC2)N1CCC(COC)C1. The van der Waals surface area contributed by atoms with Gasteiger partial charge in [-0.3, -0.25) is 4.99 Å². The summed E-state index contributed by atoms with van der Waals surface area (Å²) in [6.07, 6.45) is 4.60. The maximum atomic E-state index is 5.31. The van der Waals surface area contributed by atoms with Gasteiger partial charge in [-0.05, 0) is 43.4 Å². The highest BCUT2D eigenvalue weighted by Crippen LogP contribution is 2.27. The number of aliphatic imine (C=N–C) groups is 1. The molecule has 4 rings (SSSR count). The fourth-order valence-corrected chi connectivity index (χ4v) is 4.33. The van der Waals surface area contributed by atoms with E-state index in [0.29, 0.717) is 5.92 Å². The summed E-state index contributed by atoms with van der Waals surface area (Å²) < 4.78 is 7.44. The molecule has 1 atom stereocenters. The van der Waals surface area contributed by atoms with E-state index in [4.69, 9.17) is 9.84 Å². The van der Waals surface area contributed by atoms with Crippen molar-refractivity contribution in [2.45, 2.75) is 32.2 Å². The van der Waals surface area contributed by atoms with E-state index in [0.717, 1.165) is 62.8 Å². The third-order valence-corrected chi connectivity index (χ3v) is 5.63. The van der Waals surface area contributed by atoms with Crippen LogP contribution in [0.1, 0.15) is 29.8 Å². The van der Waals surface area contributed by atoms with Gasteiger partial charge in [0.2, 0.25) is 0 Å². The smallest absolute Gasteiger partial charge is 0.193 e. The standard InChI is InChI=1S/C21H29N5O/c1-22-21(25-12-11-16(14-25)15-27-2)23-13-19-18-9-6-10-20(18)26(24-19)17-7-4-3-5-8-17/h3-5,7-8,16H,6,9-15H2,1-2H3,(H,22,23). The average molecular weight is 367 g/mol. The molecular weight excluding hydrogens is 338 g/mol. The number of hydrogen-bond acceptors (Lipinski definition) is 3. The number of benzene rings is 1. The first kappa shape index (κ1) is 18.0. The molecule has 1 unspecified atom stereocenters. The van der Waals surface area contributed by atoms with Crippen molar-refractivity contribution in [3.63, 3.8) is 0 Å². The molecule has 2 aromatic rings. The maximum absolute atomic E-state index is 5.31. The number of hydrogen-bond donors (Lipinski definition) is 1. The molecule has 2 heterocycles. The molecule has 0 radical (unpaired) electrons. The third-order valence-electron chi connectivity index (χ3n) is 5.63. The van der Waals surface area contributed by atoms with Crippen molar-refractivity contribution < 1.29 is 4.74 Å². The molecule has 1 aromatic carbocycles. The van der Waals surface area contributed by atoms with Gasteiger partial charge >= 0.3 is 0 Å². The quantitative estimate of drug-likeness (QED) is 0.651. The molecule has 1 saturated heterocycles. The molecule has 27 heavy (non-hydrogen) atoms. The topological polar surface area (TPSA) is 54.7 Å². The van der Waals surface area contributed by atoms with Gasteiger partial charge in [0.05, 0.1) is 24.5 Å². The Morgan fingerprint density at radius 2 is 2.15 bits per heavy atom. The van der Waals surface area contributed by atoms with E-state index in [1.54, 1.807) is 7.11 Å². The lowest BCUT2D eigenvalue weighted by Crippen LogP contribution is -2.40. The Morgan fingerprint density at radius 1 is 1.30 bits per heavy atom. The predicted molar refractivity (Wildman–Crippen MR) is 107 cm³/mol. The fourth-order valence-electron chi connectivity index (χ4n) is 4.33. The molecule has 1 aliphatic heterocycles. The van der Waals surface area contributed by atoms with Gasteiger partial charge in [0.15, 0.2) is 5.96 Å². The zero-order chi connectivity index (χ0) is 18.6. The van der Waals surface area contributed by atoms with Crippen LogP contribution in [-0.2, 0) is 24.1 Å². The molecule has 2 aliphatic rings. The average Bonchev–Trinajstić information content (AvgIpc) is 3.41. The van der Waals surface area contributed by atoms with Gasteiger partial charge in [-0.25, -0.2) is 4.68 Å². The van der Waals surface area contributed by atoms with Crippen molar-refractivity contribution in [3.05, 3.63) is 47.3 Å². The van der Waals surface area contributed by atoms with Crippen molar-refractivity contribution in [2.24, 2.45) is 10.9 Å². The first-order chi connectivity index (χ1) is 13.3. The summed E-state index contributed by atoms with van der Waals surface area (Å²) in [5.41, 5.74) is 5.09. The summed E-state index contributed by atoms with van der Waals surface area (Å²) in [4.78, 5) is 6.83. The van der Waals surface area contributed by atoms with Crippen LogP contribution in [0.2, 0.25) is 0 Å². The second-order valence-corrected chi connectivity index (χ2v) is 7.43. The van der Waals surface area contributed by atoms with Crippen molar-refractivity contribution in [1.29, 1.82) is 0 Å². The summed E-state index contributed by atoms with van der Waals surface area (Å²) in [6, 6.07) is 10.4. The third kappa shape index (κ3) is 3.72. The normalized spacial score (nSPS) is 19.6. The fraction of sp³-hybridized carbons (Fsp3) is 0.524. The number of nitrogens with zero attached hydrogens (tertiary/aromatic N) is 4. The molecule has 0 amide bonds. The lowest BCUT2D eigenvalue weighted by molar-refractivity contribution is 0.157. The molecule has 144 valence electrons. The van der Waals surface area contributed by atoms with Crippen molar-refractivity contribution in [1.82, 2.24) is 20.0 Å². The van der Waals surface area contributed by atoms with Gasteiger partial charge < -0.3 is 15.0 Å². The van der Waals surface area contributed by atoms with E-state index in [2.05, 4.69) is 44.2 Å². The number of rotatable bonds is 5. The molecule has 1 fully saturated rings. The maximum Gasteiger partial charge on any atom is 0.193 e. The summed E-state index contributed by atoms with van der Waals surface area (Å²) in [5, 5.41) is 8.48. The Hall–Kier alpha value is -2.34. The summed E-state index contributed by atoms with van der Waals surface area (Å²) in [7, 11) is 3.64. The van der Waals surface area contributed by atoms with Crippen LogP contribution in [0.5, 0.6) is 0 Å². The lowest BCUT2D eigenvalue weighted by atomic mass is 10.1. The van der Waals surface area contributed by atoms with E-state index in [1.165, 1.54) is 17.7 Å². The number of aromatic nitrogens is 2. The Bertz CT molecular complexity index is 798. The zero-order valence-corrected chi connectivity index (χ0v) is 16.3. The van der Waals surface area contributed by atoms with Gasteiger partial charge in [-0.2, -0.15) is 5.10 Å². The minimum absolute atomic E-state index is 0.593. The molecule has 1 aromatic heterocycles. The van der Waals surface area contributed by atoms with Gasteiger partial charge in [0, 0.05) is 38.9 Å². The monoisotopic (exact) mass is 367 g/mol. The van der Waals surface area contributed by atoms with Crippen LogP contribution in [0, 0.1) is 5.92 Å². The first-order valence-electron chi connectivity index (χ1n) is 9.89. The van der Waals surface area contributed by atoms with Crippen LogP contribution in [0.3, 0.4) is 0 Å². The van der Waals surface area contributed by atoms with E-state index < -0.39 is 0 Å². The second-order valence-electron chi connectivity index (χ2n) is 7.43. The molecule has 6 heteroatoms. The number of para-hydroxylation sites is 1. The van der Waals surface area contributed by atoms with Gasteiger partial charge in [-0.1, -0.05) is 18.2 Å². The van der Waals surface area contributed by atoms with Crippen LogP contribution >= 0.6 is 0 Å². The van der Waals surface area contributed by atoms with Crippen LogP contribution < -0.4 is 5.32 Å². The minimum Gasteiger partial charge on any atom is -0.384 e. The lowest BCUT2D eigenvalue weighted by Gasteiger charge is -2.21. The number of fused-ring (bicyclic) bond motifs is 1. The second kappa shape index (κ2) is 8.13. The van der Waals surface area contributed by atoms with E-state index in [9.17, 15) is 0 Å². The first-order valence-corrected chi connectivity index (χ1v) is 9.89. The van der Waals surface area contributed by atoms with Crippen LogP contribution in [0.4, 0.5) is 0 Å². The molecule has 1 aliphatic carbocycles. The zero-order valence-electron chi connectivity index (χ0n) is 16.3. The molecule has 0 spiro atoms. The number of guanidine groups is 1. The number of likely N-dealkylation sites (tertiary alicyclic amines) is 1. The Balaban J connectivity index is 1.47. The van der Waals surface area contributed by atoms with Gasteiger partial charge in [-0.15, -0.1) is 0 Å². The minimum atomic E-state index is 0.593. The van der Waals surface area contributed by atoms with Crippen LogP contribution in [0.15, 0.2) is 35.3 Å². The Kier molecular flexibility index (Phi) is 5.43. The van der Waals surface area contributed by atoms with E-state index in [-0.39, 0.29) is 0 Å². The number of nitrogens with one attached hydrogen (secondary N) is 1. The van der Waals surface area contributed by atoms with E-state index in [1.807, 2.05) is 13.1 Å². The molecule has 0 saturated carbocycles. The number of methoxy groups -OCH3 is 1. The summed E-state index contributed by atoms with van der Waals surface area (Å²) >= 11 is 0. The molecule has 0 bridgehead atoms.